The molecule has 0 atom stereocenters. The van der Waals surface area contributed by atoms with E-state index in [9.17, 15) is 4.79 Å². The van der Waals surface area contributed by atoms with Crippen LogP contribution in [-0.2, 0) is 4.74 Å². The number of alkyl carbamates (subject to hydrolysis) is 1. The van der Waals surface area contributed by atoms with Crippen molar-refractivity contribution in [2.75, 3.05) is 0 Å². The molecular formula is C15H18N2O2. The minimum atomic E-state index is -0.487. The van der Waals surface area contributed by atoms with E-state index < -0.39 is 11.7 Å². The molecule has 1 amide bonds. The Labute approximate surface area is 112 Å². The van der Waals surface area contributed by atoms with E-state index in [0.29, 0.717) is 0 Å². The van der Waals surface area contributed by atoms with Gasteiger partial charge in [-0.3, -0.25) is 5.32 Å². The Morgan fingerprint density at radius 1 is 1.32 bits per heavy atom. The number of carbonyl (C=O) groups is 1. The molecule has 0 fully saturated rings. The Kier molecular flexibility index (Phi) is 3.60. The molecule has 1 aromatic heterocycles. The van der Waals surface area contributed by atoms with Crippen LogP contribution in [0.2, 0.25) is 0 Å². The molecule has 19 heavy (non-hydrogen) atoms. The average Bonchev–Trinajstić information content (AvgIpc) is 2.70. The number of fused-ring (bicyclic) bond motifs is 1. The lowest BCUT2D eigenvalue weighted by Crippen LogP contribution is -2.29. The molecule has 0 unspecified atom stereocenters. The van der Waals surface area contributed by atoms with Gasteiger partial charge < -0.3 is 9.72 Å². The molecule has 2 rings (SSSR count). The Morgan fingerprint density at radius 3 is 2.79 bits per heavy atom. The highest BCUT2D eigenvalue weighted by Gasteiger charge is 2.14. The van der Waals surface area contributed by atoms with Gasteiger partial charge in [-0.05, 0) is 32.9 Å². The van der Waals surface area contributed by atoms with Gasteiger partial charge in [-0.25, -0.2) is 4.79 Å². The van der Waals surface area contributed by atoms with E-state index in [2.05, 4.69) is 10.3 Å². The van der Waals surface area contributed by atoms with Crippen molar-refractivity contribution in [1.82, 2.24) is 10.3 Å². The van der Waals surface area contributed by atoms with Gasteiger partial charge in [0.15, 0.2) is 0 Å². The van der Waals surface area contributed by atoms with Crippen molar-refractivity contribution in [2.24, 2.45) is 0 Å². The monoisotopic (exact) mass is 258 g/mol. The lowest BCUT2D eigenvalue weighted by molar-refractivity contribution is 0.0553. The van der Waals surface area contributed by atoms with Crippen molar-refractivity contribution in [1.29, 1.82) is 0 Å². The van der Waals surface area contributed by atoms with Crippen LogP contribution in [0, 0.1) is 0 Å². The van der Waals surface area contributed by atoms with Crippen molar-refractivity contribution < 1.29 is 9.53 Å². The summed E-state index contributed by atoms with van der Waals surface area (Å²) >= 11 is 0. The largest absolute Gasteiger partial charge is 0.444 e. The van der Waals surface area contributed by atoms with Gasteiger partial charge in [0.25, 0.3) is 0 Å². The molecule has 1 heterocycles. The second-order valence-corrected chi connectivity index (χ2v) is 5.27. The number of ether oxygens (including phenoxy) is 1. The molecule has 4 heteroatoms. The Hall–Kier alpha value is -2.23. The number of H-pyrrole nitrogens is 1. The highest BCUT2D eigenvalue weighted by molar-refractivity contribution is 5.88. The topological polar surface area (TPSA) is 54.1 Å². The molecular weight excluding hydrogens is 240 g/mol. The SMILES string of the molecule is CC(C)(C)OC(=O)N/C=C/c1c[nH]c2ccccc12. The van der Waals surface area contributed by atoms with Gasteiger partial charge in [-0.15, -0.1) is 0 Å². The van der Waals surface area contributed by atoms with Crippen LogP contribution in [0.1, 0.15) is 26.3 Å². The van der Waals surface area contributed by atoms with Crippen LogP contribution in [0.3, 0.4) is 0 Å². The summed E-state index contributed by atoms with van der Waals surface area (Å²) in [5.41, 5.74) is 1.60. The minimum Gasteiger partial charge on any atom is -0.444 e. The lowest BCUT2D eigenvalue weighted by atomic mass is 10.2. The third-order valence-electron chi connectivity index (χ3n) is 2.48. The maximum atomic E-state index is 11.5. The highest BCUT2D eigenvalue weighted by atomic mass is 16.6. The van der Waals surface area contributed by atoms with E-state index in [-0.39, 0.29) is 0 Å². The molecule has 0 bridgehead atoms. The second-order valence-electron chi connectivity index (χ2n) is 5.27. The first kappa shape index (κ1) is 13.2. The van der Waals surface area contributed by atoms with E-state index in [1.807, 2.05) is 57.3 Å². The summed E-state index contributed by atoms with van der Waals surface area (Å²) in [7, 11) is 0. The van der Waals surface area contributed by atoms with Crippen LogP contribution in [-0.4, -0.2) is 16.7 Å². The van der Waals surface area contributed by atoms with Gasteiger partial charge in [0.1, 0.15) is 5.60 Å². The van der Waals surface area contributed by atoms with Gasteiger partial charge in [0.05, 0.1) is 0 Å². The number of hydrogen-bond donors (Lipinski definition) is 2. The summed E-state index contributed by atoms with van der Waals surface area (Å²) in [4.78, 5) is 14.6. The van der Waals surface area contributed by atoms with E-state index in [1.54, 1.807) is 6.20 Å². The molecule has 0 saturated heterocycles. The van der Waals surface area contributed by atoms with Gasteiger partial charge in [0, 0.05) is 28.9 Å². The van der Waals surface area contributed by atoms with Crippen molar-refractivity contribution in [3.63, 3.8) is 0 Å². The molecule has 2 N–H and O–H groups in total. The molecule has 0 aliphatic heterocycles. The van der Waals surface area contributed by atoms with Crippen molar-refractivity contribution in [2.45, 2.75) is 26.4 Å². The van der Waals surface area contributed by atoms with Crippen LogP contribution in [0.25, 0.3) is 17.0 Å². The van der Waals surface area contributed by atoms with Crippen molar-refractivity contribution in [3.8, 4) is 0 Å². The van der Waals surface area contributed by atoms with Crippen molar-refractivity contribution >= 4 is 23.1 Å². The maximum absolute atomic E-state index is 11.5. The quantitative estimate of drug-likeness (QED) is 0.863. The highest BCUT2D eigenvalue weighted by Crippen LogP contribution is 2.18. The standard InChI is InChI=1S/C15H18N2O2/c1-15(2,3)19-14(18)16-9-8-11-10-17-13-7-5-4-6-12(11)13/h4-10,17H,1-3H3,(H,16,18)/b9-8+. The summed E-state index contributed by atoms with van der Waals surface area (Å²) < 4.78 is 5.14. The number of aromatic nitrogens is 1. The fourth-order valence-corrected chi connectivity index (χ4v) is 1.74. The minimum absolute atomic E-state index is 0.455. The number of rotatable bonds is 2. The van der Waals surface area contributed by atoms with Crippen LogP contribution in [0.4, 0.5) is 4.79 Å². The van der Waals surface area contributed by atoms with Crippen molar-refractivity contribution in [3.05, 3.63) is 42.2 Å². The van der Waals surface area contributed by atoms with Gasteiger partial charge >= 0.3 is 6.09 Å². The first-order valence-corrected chi connectivity index (χ1v) is 6.18. The molecule has 0 aliphatic rings. The van der Waals surface area contributed by atoms with Gasteiger partial charge in [0.2, 0.25) is 0 Å². The number of amides is 1. The maximum Gasteiger partial charge on any atom is 0.411 e. The van der Waals surface area contributed by atoms with Crippen LogP contribution in [0.5, 0.6) is 0 Å². The first-order chi connectivity index (χ1) is 8.96. The number of para-hydroxylation sites is 1. The number of aromatic amines is 1. The first-order valence-electron chi connectivity index (χ1n) is 6.18. The summed E-state index contributed by atoms with van der Waals surface area (Å²) in [6.07, 6.45) is 4.87. The molecule has 0 spiro atoms. The molecule has 1 aromatic carbocycles. The molecule has 0 saturated carbocycles. The molecule has 100 valence electrons. The Balaban J connectivity index is 2.01. The lowest BCUT2D eigenvalue weighted by Gasteiger charge is -2.18. The van der Waals surface area contributed by atoms with Crippen LogP contribution >= 0.6 is 0 Å². The van der Waals surface area contributed by atoms with E-state index in [1.165, 1.54) is 0 Å². The average molecular weight is 258 g/mol. The fraction of sp³-hybridized carbons (Fsp3) is 0.267. The third kappa shape index (κ3) is 3.61. The van der Waals surface area contributed by atoms with Gasteiger partial charge in [-0.1, -0.05) is 18.2 Å². The number of hydrogen-bond acceptors (Lipinski definition) is 2. The molecule has 2 aromatic rings. The molecule has 0 radical (unpaired) electrons. The van der Waals surface area contributed by atoms with E-state index in [4.69, 9.17) is 4.74 Å². The summed E-state index contributed by atoms with van der Waals surface area (Å²) in [5, 5.41) is 3.70. The zero-order valence-corrected chi connectivity index (χ0v) is 11.4. The summed E-state index contributed by atoms with van der Waals surface area (Å²) in [6.45, 7) is 5.49. The fourth-order valence-electron chi connectivity index (χ4n) is 1.74. The zero-order valence-electron chi connectivity index (χ0n) is 11.4. The second kappa shape index (κ2) is 5.18. The predicted octanol–water partition coefficient (Wildman–Crippen LogP) is 3.66. The normalized spacial score (nSPS) is 11.9. The number of nitrogens with one attached hydrogen (secondary N) is 2. The zero-order chi connectivity index (χ0) is 13.9. The summed E-state index contributed by atoms with van der Waals surface area (Å²) in [6, 6.07) is 7.99. The predicted molar refractivity (Wildman–Crippen MR) is 76.7 cm³/mol. The van der Waals surface area contributed by atoms with Crippen LogP contribution in [0.15, 0.2) is 36.7 Å². The Bertz CT molecular complexity index is 606. The summed E-state index contributed by atoms with van der Waals surface area (Å²) in [5.74, 6) is 0. The smallest absolute Gasteiger partial charge is 0.411 e. The van der Waals surface area contributed by atoms with Crippen LogP contribution < -0.4 is 5.32 Å². The molecule has 0 aliphatic carbocycles. The molecule has 4 nitrogen and oxygen atoms in total. The van der Waals surface area contributed by atoms with E-state index in [0.717, 1.165) is 16.5 Å². The van der Waals surface area contributed by atoms with Gasteiger partial charge in [-0.2, -0.15) is 0 Å². The third-order valence-corrected chi connectivity index (χ3v) is 2.48. The number of benzene rings is 1. The number of carbonyl (C=O) groups excluding carboxylic acids is 1. The Morgan fingerprint density at radius 2 is 2.05 bits per heavy atom. The van der Waals surface area contributed by atoms with E-state index >= 15 is 0 Å².